The van der Waals surface area contributed by atoms with E-state index in [1.54, 1.807) is 17.4 Å². The number of rotatable bonds is 7. The summed E-state index contributed by atoms with van der Waals surface area (Å²) in [5.74, 6) is -0.720. The molecule has 2 fully saturated rings. The number of carbonyl (C=O) groups is 3. The van der Waals surface area contributed by atoms with Crippen LogP contribution in [0.5, 0.6) is 0 Å². The molecule has 0 saturated carbocycles. The van der Waals surface area contributed by atoms with Gasteiger partial charge in [-0.3, -0.25) is 25.2 Å². The third kappa shape index (κ3) is 6.27. The first kappa shape index (κ1) is 26.8. The van der Waals surface area contributed by atoms with E-state index in [1.807, 2.05) is 54.5 Å². The average molecular weight is 547 g/mol. The van der Waals surface area contributed by atoms with E-state index in [4.69, 9.17) is 0 Å². The Morgan fingerprint density at radius 3 is 2.51 bits per heavy atom. The Morgan fingerprint density at radius 2 is 1.79 bits per heavy atom. The molecule has 4 heterocycles. The second-order valence-corrected chi connectivity index (χ2v) is 11.2. The van der Waals surface area contributed by atoms with E-state index in [9.17, 15) is 14.4 Å². The van der Waals surface area contributed by atoms with E-state index in [-0.39, 0.29) is 29.5 Å². The molecule has 3 aromatic rings. The van der Waals surface area contributed by atoms with E-state index in [0.717, 1.165) is 55.0 Å². The number of pyridine rings is 1. The summed E-state index contributed by atoms with van der Waals surface area (Å²) in [5.41, 5.74) is 7.54. The molecule has 2 unspecified atom stereocenters. The van der Waals surface area contributed by atoms with E-state index < -0.39 is 5.91 Å². The van der Waals surface area contributed by atoms with Crippen LogP contribution in [0.15, 0.2) is 47.8 Å². The normalized spacial score (nSPS) is 17.7. The highest BCUT2D eigenvalue weighted by Gasteiger charge is 2.33. The standard InChI is InChI=1S/C29H34N6O3S/c1-19(15-21-9-4-3-5-10-21)26(36)32-33-27(37)23-16-22(17-25(31-23)34-12-6-7-13-34)29(38)35-14-8-11-24(35)28-30-20(2)18-39-28/h3-5,9-10,16-19,24H,6-8,11-15H2,1-2H3,(H,32,36)(H,33,37). The van der Waals surface area contributed by atoms with E-state index in [0.29, 0.717) is 24.3 Å². The number of likely N-dealkylation sites (tertiary alicyclic amines) is 1. The van der Waals surface area contributed by atoms with Gasteiger partial charge in [-0.05, 0) is 56.7 Å². The molecular formula is C29H34N6O3S. The van der Waals surface area contributed by atoms with Gasteiger partial charge in [-0.25, -0.2) is 9.97 Å². The van der Waals surface area contributed by atoms with Crippen LogP contribution in [-0.4, -0.2) is 52.2 Å². The largest absolute Gasteiger partial charge is 0.357 e. The Bertz CT molecular complexity index is 1340. The summed E-state index contributed by atoms with van der Waals surface area (Å²) in [6.45, 7) is 6.06. The maximum Gasteiger partial charge on any atom is 0.288 e. The molecule has 2 aliphatic rings. The predicted molar refractivity (Wildman–Crippen MR) is 150 cm³/mol. The summed E-state index contributed by atoms with van der Waals surface area (Å²) >= 11 is 1.58. The van der Waals surface area contributed by atoms with Crippen molar-refractivity contribution in [3.63, 3.8) is 0 Å². The number of hydrogen-bond acceptors (Lipinski definition) is 7. The molecule has 0 spiro atoms. The van der Waals surface area contributed by atoms with Crippen molar-refractivity contribution in [3.05, 3.63) is 75.4 Å². The summed E-state index contributed by atoms with van der Waals surface area (Å²) in [5, 5.41) is 2.95. The highest BCUT2D eigenvalue weighted by Crippen LogP contribution is 2.35. The van der Waals surface area contributed by atoms with Crippen LogP contribution in [0.25, 0.3) is 0 Å². The van der Waals surface area contributed by atoms with Crippen molar-refractivity contribution in [1.29, 1.82) is 0 Å². The van der Waals surface area contributed by atoms with Crippen LogP contribution in [0, 0.1) is 12.8 Å². The van der Waals surface area contributed by atoms with Gasteiger partial charge in [0.25, 0.3) is 11.8 Å². The Morgan fingerprint density at radius 1 is 1.03 bits per heavy atom. The molecule has 0 radical (unpaired) electrons. The second kappa shape index (κ2) is 11.9. The Kier molecular flexibility index (Phi) is 8.21. The molecule has 5 rings (SSSR count). The van der Waals surface area contributed by atoms with Gasteiger partial charge in [-0.2, -0.15) is 0 Å². The first-order chi connectivity index (χ1) is 18.9. The van der Waals surface area contributed by atoms with Gasteiger partial charge in [-0.15, -0.1) is 11.3 Å². The molecule has 0 aliphatic carbocycles. The van der Waals surface area contributed by atoms with Crippen LogP contribution >= 0.6 is 11.3 Å². The quantitative estimate of drug-likeness (QED) is 0.433. The van der Waals surface area contributed by atoms with Crippen molar-refractivity contribution in [2.24, 2.45) is 5.92 Å². The molecule has 0 bridgehead atoms. The monoisotopic (exact) mass is 546 g/mol. The molecule has 39 heavy (non-hydrogen) atoms. The first-order valence-corrected chi connectivity index (χ1v) is 14.4. The van der Waals surface area contributed by atoms with Gasteiger partial charge in [0.2, 0.25) is 5.91 Å². The number of benzene rings is 1. The Labute approximate surface area is 232 Å². The molecule has 9 nitrogen and oxygen atoms in total. The van der Waals surface area contributed by atoms with Crippen LogP contribution in [0.4, 0.5) is 5.82 Å². The Hall–Kier alpha value is -3.79. The number of aromatic nitrogens is 2. The number of hydrazine groups is 1. The third-order valence-electron chi connectivity index (χ3n) is 7.29. The van der Waals surface area contributed by atoms with Crippen LogP contribution < -0.4 is 15.8 Å². The zero-order chi connectivity index (χ0) is 27.4. The zero-order valence-electron chi connectivity index (χ0n) is 22.4. The molecule has 204 valence electrons. The summed E-state index contributed by atoms with van der Waals surface area (Å²) in [7, 11) is 0. The number of anilines is 1. The maximum absolute atomic E-state index is 13.8. The number of carbonyl (C=O) groups excluding carboxylic acids is 3. The summed E-state index contributed by atoms with van der Waals surface area (Å²) in [4.78, 5) is 52.7. The molecule has 2 saturated heterocycles. The van der Waals surface area contributed by atoms with Crippen molar-refractivity contribution >= 4 is 34.9 Å². The van der Waals surface area contributed by atoms with Crippen LogP contribution in [0.3, 0.4) is 0 Å². The highest BCUT2D eigenvalue weighted by atomic mass is 32.1. The van der Waals surface area contributed by atoms with Gasteiger partial charge >= 0.3 is 0 Å². The van der Waals surface area contributed by atoms with Crippen molar-refractivity contribution < 1.29 is 14.4 Å². The molecular weight excluding hydrogens is 512 g/mol. The topological polar surface area (TPSA) is 108 Å². The van der Waals surface area contributed by atoms with Gasteiger partial charge in [0.15, 0.2) is 0 Å². The van der Waals surface area contributed by atoms with Crippen molar-refractivity contribution in [2.45, 2.75) is 52.0 Å². The van der Waals surface area contributed by atoms with E-state index in [2.05, 4.69) is 25.7 Å². The maximum atomic E-state index is 13.8. The van der Waals surface area contributed by atoms with Gasteiger partial charge in [0, 0.05) is 42.2 Å². The minimum atomic E-state index is -0.557. The molecule has 2 N–H and O–H groups in total. The van der Waals surface area contributed by atoms with Gasteiger partial charge < -0.3 is 9.80 Å². The van der Waals surface area contributed by atoms with Crippen LogP contribution in [-0.2, 0) is 11.2 Å². The number of hydrogen-bond donors (Lipinski definition) is 2. The predicted octanol–water partition coefficient (Wildman–Crippen LogP) is 4.06. The Balaban J connectivity index is 1.32. The summed E-state index contributed by atoms with van der Waals surface area (Å²) < 4.78 is 0. The molecule has 2 aliphatic heterocycles. The second-order valence-electron chi connectivity index (χ2n) is 10.3. The van der Waals surface area contributed by atoms with Gasteiger partial charge in [0.1, 0.15) is 16.5 Å². The minimum absolute atomic E-state index is 0.0673. The lowest BCUT2D eigenvalue weighted by Crippen LogP contribution is -2.44. The number of nitrogens with zero attached hydrogens (tertiary/aromatic N) is 4. The molecule has 1 aromatic carbocycles. The number of thiazole rings is 1. The third-order valence-corrected chi connectivity index (χ3v) is 8.35. The van der Waals surface area contributed by atoms with Gasteiger partial charge in [-0.1, -0.05) is 37.3 Å². The SMILES string of the molecule is Cc1csc(C2CCCN2C(=O)c2cc(C(=O)NNC(=O)C(C)Cc3ccccc3)nc(N3CCCC3)c2)n1. The fraction of sp³-hybridized carbons (Fsp3) is 0.414. The average Bonchev–Trinajstić information content (AvgIpc) is 3.73. The van der Waals surface area contributed by atoms with Crippen molar-refractivity contribution in [3.8, 4) is 0 Å². The van der Waals surface area contributed by atoms with Gasteiger partial charge in [0.05, 0.1) is 6.04 Å². The summed E-state index contributed by atoms with van der Waals surface area (Å²) in [6.07, 6.45) is 4.39. The lowest BCUT2D eigenvalue weighted by molar-refractivity contribution is -0.125. The minimum Gasteiger partial charge on any atom is -0.357 e. The smallest absolute Gasteiger partial charge is 0.288 e. The van der Waals surface area contributed by atoms with Crippen LogP contribution in [0.2, 0.25) is 0 Å². The first-order valence-electron chi connectivity index (χ1n) is 13.5. The highest BCUT2D eigenvalue weighted by molar-refractivity contribution is 7.09. The molecule has 2 aromatic heterocycles. The fourth-order valence-electron chi connectivity index (χ4n) is 5.19. The summed E-state index contributed by atoms with van der Waals surface area (Å²) in [6, 6.07) is 13.0. The van der Waals surface area contributed by atoms with Crippen LogP contribution in [0.1, 0.15) is 75.8 Å². The van der Waals surface area contributed by atoms with E-state index >= 15 is 0 Å². The van der Waals surface area contributed by atoms with E-state index in [1.165, 1.54) is 6.07 Å². The molecule has 3 amide bonds. The van der Waals surface area contributed by atoms with Crippen molar-refractivity contribution in [2.75, 3.05) is 24.5 Å². The van der Waals surface area contributed by atoms with Crippen molar-refractivity contribution in [1.82, 2.24) is 25.7 Å². The lowest BCUT2D eigenvalue weighted by Gasteiger charge is -2.24. The molecule has 2 atom stereocenters. The number of nitrogens with one attached hydrogen (secondary N) is 2. The zero-order valence-corrected chi connectivity index (χ0v) is 23.2. The number of aryl methyl sites for hydroxylation is 1. The fourth-order valence-corrected chi connectivity index (χ4v) is 6.13. The lowest BCUT2D eigenvalue weighted by atomic mass is 10.0. The number of amides is 3. The molecule has 10 heteroatoms.